The number of carbonyl (C=O) groups excluding carboxylic acids is 2. The molecule has 0 aromatic heterocycles. The van der Waals surface area contributed by atoms with Crippen LogP contribution in [-0.4, -0.2) is 31.3 Å². The van der Waals surface area contributed by atoms with Crippen LogP contribution in [0.3, 0.4) is 0 Å². The van der Waals surface area contributed by atoms with E-state index in [9.17, 15) is 22.8 Å². The van der Waals surface area contributed by atoms with Crippen molar-refractivity contribution in [3.05, 3.63) is 12.2 Å². The van der Waals surface area contributed by atoms with E-state index < -0.39 is 36.7 Å². The van der Waals surface area contributed by atoms with Gasteiger partial charge in [0.15, 0.2) is 0 Å². The van der Waals surface area contributed by atoms with Crippen molar-refractivity contribution in [1.82, 2.24) is 0 Å². The summed E-state index contributed by atoms with van der Waals surface area (Å²) in [4.78, 5) is 21.4. The first-order chi connectivity index (χ1) is 7.29. The fraction of sp³-hybridized carbons (Fsp3) is 0.556. The first kappa shape index (κ1) is 14.5. The summed E-state index contributed by atoms with van der Waals surface area (Å²) in [7, 11) is 0. The molecule has 0 spiro atoms. The van der Waals surface area contributed by atoms with Crippen molar-refractivity contribution in [2.24, 2.45) is 0 Å². The third-order valence-corrected chi connectivity index (χ3v) is 1.48. The van der Waals surface area contributed by atoms with Crippen LogP contribution in [0.5, 0.6) is 0 Å². The van der Waals surface area contributed by atoms with Gasteiger partial charge in [-0.25, -0.2) is 9.59 Å². The van der Waals surface area contributed by atoms with Gasteiger partial charge in [-0.05, 0) is 6.92 Å². The SMILES string of the molecule is C=C(CCOC(=O)C(=O)OCC)C(F)(F)F. The van der Waals surface area contributed by atoms with Crippen LogP contribution in [0.1, 0.15) is 13.3 Å². The molecule has 0 aliphatic rings. The molecule has 0 atom stereocenters. The van der Waals surface area contributed by atoms with Gasteiger partial charge < -0.3 is 9.47 Å². The number of carbonyl (C=O) groups is 2. The zero-order valence-corrected chi connectivity index (χ0v) is 8.60. The van der Waals surface area contributed by atoms with Crippen LogP contribution in [0.25, 0.3) is 0 Å². The summed E-state index contributed by atoms with van der Waals surface area (Å²) in [5.74, 6) is -2.53. The molecule has 16 heavy (non-hydrogen) atoms. The lowest BCUT2D eigenvalue weighted by Crippen LogP contribution is -2.21. The Kier molecular flexibility index (Phi) is 5.55. The Balaban J connectivity index is 3.87. The van der Waals surface area contributed by atoms with E-state index in [-0.39, 0.29) is 6.61 Å². The largest absolute Gasteiger partial charge is 0.458 e. The maximum Gasteiger partial charge on any atom is 0.417 e. The van der Waals surface area contributed by atoms with E-state index in [1.54, 1.807) is 0 Å². The van der Waals surface area contributed by atoms with Crippen molar-refractivity contribution in [3.8, 4) is 0 Å². The lowest BCUT2D eigenvalue weighted by Gasteiger charge is -2.09. The molecule has 0 saturated heterocycles. The minimum absolute atomic E-state index is 0.0107. The van der Waals surface area contributed by atoms with Crippen molar-refractivity contribution in [2.45, 2.75) is 19.5 Å². The average molecular weight is 240 g/mol. The Morgan fingerprint density at radius 3 is 2.12 bits per heavy atom. The zero-order valence-electron chi connectivity index (χ0n) is 8.60. The molecule has 0 saturated carbocycles. The number of esters is 2. The molecule has 0 aliphatic heterocycles. The summed E-state index contributed by atoms with van der Waals surface area (Å²) in [6.45, 7) is 3.68. The van der Waals surface area contributed by atoms with Crippen molar-refractivity contribution < 1.29 is 32.2 Å². The van der Waals surface area contributed by atoms with Crippen LogP contribution in [0.4, 0.5) is 13.2 Å². The van der Waals surface area contributed by atoms with Crippen molar-refractivity contribution in [3.63, 3.8) is 0 Å². The van der Waals surface area contributed by atoms with Gasteiger partial charge in [0, 0.05) is 12.0 Å². The summed E-state index contributed by atoms with van der Waals surface area (Å²) in [6.07, 6.45) is -5.09. The third-order valence-electron chi connectivity index (χ3n) is 1.48. The van der Waals surface area contributed by atoms with E-state index in [4.69, 9.17) is 0 Å². The van der Waals surface area contributed by atoms with Crippen LogP contribution in [0, 0.1) is 0 Å². The van der Waals surface area contributed by atoms with Gasteiger partial charge in [-0.2, -0.15) is 13.2 Å². The minimum atomic E-state index is -4.52. The predicted octanol–water partition coefficient (Wildman–Crippen LogP) is 1.60. The second-order valence-corrected chi connectivity index (χ2v) is 2.71. The molecular formula is C9H11F3O4. The van der Waals surface area contributed by atoms with Gasteiger partial charge in [0.25, 0.3) is 0 Å². The quantitative estimate of drug-likeness (QED) is 0.425. The van der Waals surface area contributed by atoms with E-state index in [0.29, 0.717) is 0 Å². The Morgan fingerprint density at radius 1 is 1.19 bits per heavy atom. The third kappa shape index (κ3) is 5.38. The number of hydrogen-bond acceptors (Lipinski definition) is 4. The summed E-state index contributed by atoms with van der Waals surface area (Å²) in [6, 6.07) is 0. The summed E-state index contributed by atoms with van der Waals surface area (Å²) in [5.41, 5.74) is -1.02. The molecule has 0 amide bonds. The molecule has 0 aromatic rings. The topological polar surface area (TPSA) is 52.6 Å². The molecule has 92 valence electrons. The van der Waals surface area contributed by atoms with Gasteiger partial charge in [-0.1, -0.05) is 6.58 Å². The Bertz CT molecular complexity index is 283. The lowest BCUT2D eigenvalue weighted by atomic mass is 10.2. The van der Waals surface area contributed by atoms with E-state index >= 15 is 0 Å². The fourth-order valence-corrected chi connectivity index (χ4v) is 0.658. The molecule has 0 fully saturated rings. The molecule has 0 radical (unpaired) electrons. The van der Waals surface area contributed by atoms with Gasteiger partial charge in [-0.3, -0.25) is 0 Å². The highest BCUT2D eigenvalue weighted by Gasteiger charge is 2.31. The van der Waals surface area contributed by atoms with Gasteiger partial charge in [-0.15, -0.1) is 0 Å². The van der Waals surface area contributed by atoms with Gasteiger partial charge in [0.05, 0.1) is 13.2 Å². The van der Waals surface area contributed by atoms with Crippen LogP contribution >= 0.6 is 0 Å². The zero-order chi connectivity index (χ0) is 12.8. The number of halogens is 3. The first-order valence-electron chi connectivity index (χ1n) is 4.38. The maximum absolute atomic E-state index is 11.9. The van der Waals surface area contributed by atoms with Crippen LogP contribution in [0.2, 0.25) is 0 Å². The fourth-order valence-electron chi connectivity index (χ4n) is 0.658. The molecule has 0 heterocycles. The standard InChI is InChI=1S/C9H11F3O4/c1-3-15-7(13)8(14)16-5-4-6(2)9(10,11)12/h2-5H2,1H3. The van der Waals surface area contributed by atoms with E-state index in [1.165, 1.54) is 6.92 Å². The monoisotopic (exact) mass is 240 g/mol. The Hall–Kier alpha value is -1.53. The summed E-state index contributed by atoms with van der Waals surface area (Å²) < 4.78 is 44.3. The maximum atomic E-state index is 11.9. The highest BCUT2D eigenvalue weighted by atomic mass is 19.4. The summed E-state index contributed by atoms with van der Waals surface area (Å²) >= 11 is 0. The van der Waals surface area contributed by atoms with E-state index in [2.05, 4.69) is 16.1 Å². The van der Waals surface area contributed by atoms with Gasteiger partial charge in [0.1, 0.15) is 0 Å². The number of ether oxygens (including phenoxy) is 2. The molecule has 0 N–H and O–H groups in total. The number of rotatable bonds is 4. The molecule has 0 unspecified atom stereocenters. The molecule has 0 rings (SSSR count). The molecule has 0 bridgehead atoms. The molecule has 0 aromatic carbocycles. The van der Waals surface area contributed by atoms with Gasteiger partial charge >= 0.3 is 18.1 Å². The average Bonchev–Trinajstić information content (AvgIpc) is 2.16. The first-order valence-corrected chi connectivity index (χ1v) is 4.38. The Labute approximate surface area is 90.0 Å². The van der Waals surface area contributed by atoms with Crippen LogP contribution in [-0.2, 0) is 19.1 Å². The Morgan fingerprint density at radius 2 is 1.69 bits per heavy atom. The van der Waals surface area contributed by atoms with Crippen molar-refractivity contribution in [2.75, 3.05) is 13.2 Å². The summed E-state index contributed by atoms with van der Waals surface area (Å²) in [5, 5.41) is 0. The minimum Gasteiger partial charge on any atom is -0.458 e. The van der Waals surface area contributed by atoms with Gasteiger partial charge in [0.2, 0.25) is 0 Å². The highest BCUT2D eigenvalue weighted by Crippen LogP contribution is 2.26. The highest BCUT2D eigenvalue weighted by molar-refractivity contribution is 6.29. The normalized spacial score (nSPS) is 10.8. The molecular weight excluding hydrogens is 229 g/mol. The predicted molar refractivity (Wildman–Crippen MR) is 47.4 cm³/mol. The second kappa shape index (κ2) is 6.14. The number of hydrogen-bond donors (Lipinski definition) is 0. The molecule has 7 heteroatoms. The molecule has 0 aliphatic carbocycles. The van der Waals surface area contributed by atoms with Crippen molar-refractivity contribution >= 4 is 11.9 Å². The van der Waals surface area contributed by atoms with Crippen LogP contribution in [0.15, 0.2) is 12.2 Å². The van der Waals surface area contributed by atoms with Crippen molar-refractivity contribution in [1.29, 1.82) is 0 Å². The smallest absolute Gasteiger partial charge is 0.417 e. The van der Waals surface area contributed by atoms with E-state index in [1.807, 2.05) is 0 Å². The van der Waals surface area contributed by atoms with E-state index in [0.717, 1.165) is 0 Å². The second-order valence-electron chi connectivity index (χ2n) is 2.71. The molecule has 4 nitrogen and oxygen atoms in total. The lowest BCUT2D eigenvalue weighted by molar-refractivity contribution is -0.167. The number of alkyl halides is 3. The van der Waals surface area contributed by atoms with Crippen LogP contribution < -0.4 is 0 Å².